The molecule has 1 rings (SSSR count). The fourth-order valence-electron chi connectivity index (χ4n) is 1.06. The zero-order chi connectivity index (χ0) is 12.8. The predicted octanol–water partition coefficient (Wildman–Crippen LogP) is 4.52. The predicted molar refractivity (Wildman–Crippen MR) is 76.0 cm³/mol. The molecule has 0 radical (unpaired) electrons. The first-order valence-corrected chi connectivity index (χ1v) is 6.87. The number of rotatable bonds is 4. The second-order valence-corrected chi connectivity index (χ2v) is 5.42. The molecule has 0 unspecified atom stereocenters. The van der Waals surface area contributed by atoms with Gasteiger partial charge in [0.1, 0.15) is 0 Å². The van der Waals surface area contributed by atoms with E-state index in [1.807, 2.05) is 0 Å². The highest BCUT2D eigenvalue weighted by Crippen LogP contribution is 2.25. The zero-order valence-corrected chi connectivity index (χ0v) is 12.0. The molecule has 6 heteroatoms. The highest BCUT2D eigenvalue weighted by Gasteiger charge is 2.09. The number of carbonyl (C=O) groups excluding carboxylic acids is 1. The van der Waals surface area contributed by atoms with Crippen LogP contribution in [0, 0.1) is 0 Å². The summed E-state index contributed by atoms with van der Waals surface area (Å²) in [6.45, 7) is 2.07. The lowest BCUT2D eigenvalue weighted by molar-refractivity contribution is 0.243. The molecule has 0 spiro atoms. The summed E-state index contributed by atoms with van der Waals surface area (Å²) in [5.74, 6) is 0.908. The Bertz CT molecular complexity index is 401. The molecule has 3 nitrogen and oxygen atoms in total. The topological polar surface area (TPSA) is 32.3 Å². The number of nitrogens with one attached hydrogen (secondary N) is 1. The summed E-state index contributed by atoms with van der Waals surface area (Å²) in [7, 11) is 1.73. The summed E-state index contributed by atoms with van der Waals surface area (Å²) in [6.07, 6.45) is 1.02. The van der Waals surface area contributed by atoms with Crippen LogP contribution in [0.4, 0.5) is 10.5 Å². The van der Waals surface area contributed by atoms with Crippen molar-refractivity contribution < 1.29 is 4.79 Å². The van der Waals surface area contributed by atoms with Gasteiger partial charge >= 0.3 is 6.03 Å². The standard InChI is InChI=1S/C11H14Cl2N2OS/c1-3-6-17-15(2)11(16)14-8-4-5-9(12)10(13)7-8/h4-5,7H,3,6H2,1-2H3,(H,14,16). The Balaban J connectivity index is 2.58. The van der Waals surface area contributed by atoms with Gasteiger partial charge in [0.2, 0.25) is 0 Å². The Labute approximate surface area is 116 Å². The number of nitrogens with zero attached hydrogens (tertiary/aromatic N) is 1. The van der Waals surface area contributed by atoms with Crippen LogP contribution >= 0.6 is 35.1 Å². The van der Waals surface area contributed by atoms with E-state index in [1.54, 1.807) is 29.6 Å². The van der Waals surface area contributed by atoms with E-state index in [-0.39, 0.29) is 6.03 Å². The summed E-state index contributed by atoms with van der Waals surface area (Å²) in [6, 6.07) is 4.81. The first-order chi connectivity index (χ1) is 8.04. The molecule has 0 aromatic heterocycles. The minimum atomic E-state index is -0.179. The summed E-state index contributed by atoms with van der Waals surface area (Å²) in [5, 5.41) is 3.64. The molecule has 94 valence electrons. The van der Waals surface area contributed by atoms with Crippen LogP contribution in [0.1, 0.15) is 13.3 Å². The highest BCUT2D eigenvalue weighted by atomic mass is 35.5. The van der Waals surface area contributed by atoms with Crippen molar-refractivity contribution in [1.82, 2.24) is 4.31 Å². The number of anilines is 1. The minimum Gasteiger partial charge on any atom is -0.307 e. The third-order valence-corrected chi connectivity index (χ3v) is 3.83. The number of halogens is 2. The summed E-state index contributed by atoms with van der Waals surface area (Å²) in [4.78, 5) is 11.7. The zero-order valence-electron chi connectivity index (χ0n) is 9.67. The molecule has 0 heterocycles. The van der Waals surface area contributed by atoms with Gasteiger partial charge < -0.3 is 5.32 Å². The van der Waals surface area contributed by atoms with E-state index in [0.717, 1.165) is 12.2 Å². The number of hydrogen-bond acceptors (Lipinski definition) is 2. The maximum atomic E-state index is 11.7. The Hall–Kier alpha value is -0.580. The van der Waals surface area contributed by atoms with E-state index in [4.69, 9.17) is 23.2 Å². The number of carbonyl (C=O) groups is 1. The van der Waals surface area contributed by atoms with Gasteiger partial charge in [0.25, 0.3) is 0 Å². The molecule has 17 heavy (non-hydrogen) atoms. The van der Waals surface area contributed by atoms with Gasteiger partial charge in [-0.05, 0) is 36.6 Å². The molecule has 0 atom stereocenters. The van der Waals surface area contributed by atoms with Gasteiger partial charge in [-0.25, -0.2) is 4.79 Å². The molecule has 1 N–H and O–H groups in total. The van der Waals surface area contributed by atoms with Crippen LogP contribution in [-0.2, 0) is 0 Å². The van der Waals surface area contributed by atoms with Crippen molar-refractivity contribution in [2.24, 2.45) is 0 Å². The molecule has 0 saturated heterocycles. The Kier molecular flexibility index (Phi) is 5.95. The minimum absolute atomic E-state index is 0.179. The van der Waals surface area contributed by atoms with Gasteiger partial charge in [-0.15, -0.1) is 0 Å². The molecule has 0 aliphatic rings. The van der Waals surface area contributed by atoms with Gasteiger partial charge in [0.15, 0.2) is 0 Å². The average Bonchev–Trinajstić information content (AvgIpc) is 2.30. The summed E-state index contributed by atoms with van der Waals surface area (Å²) < 4.78 is 1.56. The van der Waals surface area contributed by atoms with Crippen LogP contribution in [0.3, 0.4) is 0 Å². The van der Waals surface area contributed by atoms with E-state index < -0.39 is 0 Å². The lowest BCUT2D eigenvalue weighted by Gasteiger charge is -2.16. The van der Waals surface area contributed by atoms with E-state index in [9.17, 15) is 4.79 Å². The second-order valence-electron chi connectivity index (χ2n) is 3.39. The Morgan fingerprint density at radius 2 is 2.12 bits per heavy atom. The molecule has 0 aliphatic carbocycles. The number of hydrogen-bond donors (Lipinski definition) is 1. The maximum absolute atomic E-state index is 11.7. The van der Waals surface area contributed by atoms with Crippen molar-refractivity contribution in [1.29, 1.82) is 0 Å². The number of amides is 2. The van der Waals surface area contributed by atoms with Gasteiger partial charge in [-0.3, -0.25) is 4.31 Å². The lowest BCUT2D eigenvalue weighted by Crippen LogP contribution is -2.25. The number of urea groups is 1. The van der Waals surface area contributed by atoms with Crippen LogP contribution in [0.5, 0.6) is 0 Å². The Morgan fingerprint density at radius 3 is 2.71 bits per heavy atom. The van der Waals surface area contributed by atoms with Crippen LogP contribution in [0.2, 0.25) is 10.0 Å². The highest BCUT2D eigenvalue weighted by molar-refractivity contribution is 7.97. The molecular weight excluding hydrogens is 279 g/mol. The fraction of sp³-hybridized carbons (Fsp3) is 0.364. The van der Waals surface area contributed by atoms with Crippen LogP contribution in [0.25, 0.3) is 0 Å². The van der Waals surface area contributed by atoms with Crippen molar-refractivity contribution in [3.05, 3.63) is 28.2 Å². The molecule has 2 amide bonds. The van der Waals surface area contributed by atoms with E-state index in [0.29, 0.717) is 15.7 Å². The molecule has 0 fully saturated rings. The van der Waals surface area contributed by atoms with E-state index >= 15 is 0 Å². The summed E-state index contributed by atoms with van der Waals surface area (Å²) >= 11 is 13.1. The second kappa shape index (κ2) is 6.99. The van der Waals surface area contributed by atoms with Gasteiger partial charge in [0, 0.05) is 18.5 Å². The van der Waals surface area contributed by atoms with Crippen molar-refractivity contribution in [3.63, 3.8) is 0 Å². The molecule has 1 aromatic carbocycles. The quantitative estimate of drug-likeness (QED) is 0.828. The van der Waals surface area contributed by atoms with Crippen molar-refractivity contribution >= 4 is 46.9 Å². The average molecular weight is 293 g/mol. The smallest absolute Gasteiger partial charge is 0.307 e. The largest absolute Gasteiger partial charge is 0.331 e. The molecular formula is C11H14Cl2N2OS. The third kappa shape index (κ3) is 4.66. The molecule has 0 saturated carbocycles. The van der Waals surface area contributed by atoms with Crippen molar-refractivity contribution in [2.75, 3.05) is 18.1 Å². The van der Waals surface area contributed by atoms with Crippen LogP contribution in [-0.4, -0.2) is 23.1 Å². The molecule has 0 bridgehead atoms. The summed E-state index contributed by atoms with van der Waals surface area (Å²) in [5.41, 5.74) is 0.633. The fourth-order valence-corrected chi connectivity index (χ4v) is 1.98. The maximum Gasteiger partial charge on any atom is 0.331 e. The molecule has 0 aliphatic heterocycles. The van der Waals surface area contributed by atoms with Gasteiger partial charge in [0.05, 0.1) is 10.0 Å². The third-order valence-electron chi connectivity index (χ3n) is 1.95. The van der Waals surface area contributed by atoms with Gasteiger partial charge in [-0.1, -0.05) is 30.1 Å². The van der Waals surface area contributed by atoms with E-state index in [1.165, 1.54) is 11.9 Å². The normalized spacial score (nSPS) is 10.1. The number of benzene rings is 1. The van der Waals surface area contributed by atoms with Crippen molar-refractivity contribution in [2.45, 2.75) is 13.3 Å². The Morgan fingerprint density at radius 1 is 1.41 bits per heavy atom. The SMILES string of the molecule is CCCSN(C)C(=O)Nc1ccc(Cl)c(Cl)c1. The first kappa shape index (κ1) is 14.5. The first-order valence-electron chi connectivity index (χ1n) is 5.17. The van der Waals surface area contributed by atoms with E-state index in [2.05, 4.69) is 12.2 Å². The van der Waals surface area contributed by atoms with Gasteiger partial charge in [-0.2, -0.15) is 0 Å². The van der Waals surface area contributed by atoms with Crippen molar-refractivity contribution in [3.8, 4) is 0 Å². The van der Waals surface area contributed by atoms with Crippen LogP contribution < -0.4 is 5.32 Å². The lowest BCUT2D eigenvalue weighted by atomic mass is 10.3. The monoisotopic (exact) mass is 292 g/mol. The van der Waals surface area contributed by atoms with Crippen LogP contribution in [0.15, 0.2) is 18.2 Å². The molecule has 1 aromatic rings.